The van der Waals surface area contributed by atoms with Gasteiger partial charge in [0.2, 0.25) is 0 Å². The number of amidine groups is 1. The monoisotopic (exact) mass is 248 g/mol. The van der Waals surface area contributed by atoms with E-state index in [1.165, 1.54) is 12.8 Å². The van der Waals surface area contributed by atoms with Crippen LogP contribution in [-0.2, 0) is 0 Å². The Morgan fingerprint density at radius 2 is 2.28 bits per heavy atom. The molecule has 0 spiro atoms. The lowest BCUT2D eigenvalue weighted by Crippen LogP contribution is -2.38. The third-order valence-corrected chi connectivity index (χ3v) is 3.16. The van der Waals surface area contributed by atoms with Crippen molar-refractivity contribution in [3.8, 4) is 0 Å². The molecule has 98 valence electrons. The van der Waals surface area contributed by atoms with Crippen LogP contribution in [0.25, 0.3) is 0 Å². The molecule has 3 N–H and O–H groups in total. The minimum Gasteiger partial charge on any atom is -0.382 e. The van der Waals surface area contributed by atoms with Crippen molar-refractivity contribution in [2.75, 3.05) is 32.1 Å². The van der Waals surface area contributed by atoms with E-state index < -0.39 is 0 Å². The van der Waals surface area contributed by atoms with E-state index >= 15 is 0 Å². The van der Waals surface area contributed by atoms with Gasteiger partial charge in [-0.1, -0.05) is 0 Å². The highest BCUT2D eigenvalue weighted by Crippen LogP contribution is 2.23. The van der Waals surface area contributed by atoms with Crippen LogP contribution >= 0.6 is 0 Å². The second kappa shape index (κ2) is 5.30. The number of nitrogens with zero attached hydrogens (tertiary/aromatic N) is 4. The Balaban J connectivity index is 2.12. The Morgan fingerprint density at radius 3 is 2.83 bits per heavy atom. The summed E-state index contributed by atoms with van der Waals surface area (Å²) >= 11 is 0. The number of aromatic nitrogens is 2. The van der Waals surface area contributed by atoms with Crippen LogP contribution in [0.4, 0.5) is 5.82 Å². The summed E-state index contributed by atoms with van der Waals surface area (Å²) in [6.07, 6.45) is 5.66. The molecule has 6 nitrogen and oxygen atoms in total. The summed E-state index contributed by atoms with van der Waals surface area (Å²) in [6, 6.07) is 0.498. The molecule has 1 aromatic rings. The van der Waals surface area contributed by atoms with Crippen molar-refractivity contribution in [1.29, 1.82) is 5.41 Å². The normalized spacial score (nSPS) is 19.5. The number of nitrogen functional groups attached to an aromatic ring is 1. The number of rotatable bonds is 4. The summed E-state index contributed by atoms with van der Waals surface area (Å²) in [5.41, 5.74) is 5.80. The molecule has 1 saturated heterocycles. The van der Waals surface area contributed by atoms with Crippen LogP contribution < -0.4 is 10.6 Å². The molecule has 0 saturated carbocycles. The molecule has 0 amide bonds. The van der Waals surface area contributed by atoms with E-state index in [0.717, 1.165) is 18.9 Å². The van der Waals surface area contributed by atoms with Gasteiger partial charge < -0.3 is 15.5 Å². The average Bonchev–Trinajstić information content (AvgIpc) is 2.76. The maximum Gasteiger partial charge on any atom is 0.147 e. The molecule has 2 rings (SSSR count). The molecule has 1 aromatic heterocycles. The first-order valence-corrected chi connectivity index (χ1v) is 6.15. The van der Waals surface area contributed by atoms with E-state index in [-0.39, 0.29) is 5.84 Å². The van der Waals surface area contributed by atoms with E-state index in [1.807, 2.05) is 0 Å². The van der Waals surface area contributed by atoms with Gasteiger partial charge in [-0.25, -0.2) is 9.97 Å². The highest BCUT2D eigenvalue weighted by atomic mass is 15.3. The lowest BCUT2D eigenvalue weighted by molar-refractivity contribution is 0.371. The lowest BCUT2D eigenvalue weighted by atomic mass is 10.2. The summed E-state index contributed by atoms with van der Waals surface area (Å²) < 4.78 is 0. The van der Waals surface area contributed by atoms with Gasteiger partial charge in [0.05, 0.1) is 12.4 Å². The molecule has 6 heteroatoms. The van der Waals surface area contributed by atoms with Crippen molar-refractivity contribution in [2.45, 2.75) is 18.9 Å². The third kappa shape index (κ3) is 2.76. The van der Waals surface area contributed by atoms with Crippen LogP contribution in [-0.4, -0.2) is 53.9 Å². The predicted octanol–water partition coefficient (Wildman–Crippen LogP) is 0.291. The quantitative estimate of drug-likeness (QED) is 0.591. The van der Waals surface area contributed by atoms with Gasteiger partial charge in [0.15, 0.2) is 0 Å². The SMILES string of the molecule is CN(C)CC1CCCN1c1cnc(C(=N)N)cn1. The van der Waals surface area contributed by atoms with Crippen LogP contribution in [0.1, 0.15) is 18.5 Å². The van der Waals surface area contributed by atoms with Gasteiger partial charge in [-0.05, 0) is 26.9 Å². The maximum atomic E-state index is 7.30. The van der Waals surface area contributed by atoms with Crippen molar-refractivity contribution in [2.24, 2.45) is 5.73 Å². The second-order valence-corrected chi connectivity index (χ2v) is 4.93. The summed E-state index contributed by atoms with van der Waals surface area (Å²) in [6.45, 7) is 2.04. The molecule has 1 aliphatic rings. The van der Waals surface area contributed by atoms with Crippen LogP contribution in [0.3, 0.4) is 0 Å². The summed E-state index contributed by atoms with van der Waals surface area (Å²) in [5, 5.41) is 7.30. The van der Waals surface area contributed by atoms with Crippen LogP contribution in [0, 0.1) is 5.41 Å². The topological polar surface area (TPSA) is 82.1 Å². The zero-order valence-electron chi connectivity index (χ0n) is 10.9. The van der Waals surface area contributed by atoms with E-state index in [0.29, 0.717) is 11.7 Å². The smallest absolute Gasteiger partial charge is 0.147 e. The lowest BCUT2D eigenvalue weighted by Gasteiger charge is -2.27. The highest BCUT2D eigenvalue weighted by molar-refractivity contribution is 5.92. The Bertz CT molecular complexity index is 413. The van der Waals surface area contributed by atoms with E-state index in [1.54, 1.807) is 12.4 Å². The molecular formula is C12H20N6. The molecule has 1 fully saturated rings. The van der Waals surface area contributed by atoms with Gasteiger partial charge >= 0.3 is 0 Å². The van der Waals surface area contributed by atoms with Crippen molar-refractivity contribution in [3.63, 3.8) is 0 Å². The summed E-state index contributed by atoms with van der Waals surface area (Å²) in [7, 11) is 4.17. The predicted molar refractivity (Wildman–Crippen MR) is 72.0 cm³/mol. The molecule has 2 heterocycles. The first-order valence-electron chi connectivity index (χ1n) is 6.15. The fourth-order valence-electron chi connectivity index (χ4n) is 2.36. The number of anilines is 1. The van der Waals surface area contributed by atoms with Crippen molar-refractivity contribution < 1.29 is 0 Å². The highest BCUT2D eigenvalue weighted by Gasteiger charge is 2.26. The first kappa shape index (κ1) is 12.8. The number of nitrogens with two attached hydrogens (primary N) is 1. The molecule has 1 unspecified atom stereocenters. The van der Waals surface area contributed by atoms with Crippen molar-refractivity contribution in [3.05, 3.63) is 18.1 Å². The zero-order valence-corrected chi connectivity index (χ0v) is 10.9. The van der Waals surface area contributed by atoms with Gasteiger partial charge in [0.1, 0.15) is 17.3 Å². The van der Waals surface area contributed by atoms with Gasteiger partial charge in [-0.2, -0.15) is 0 Å². The van der Waals surface area contributed by atoms with Gasteiger partial charge in [0.25, 0.3) is 0 Å². The molecule has 1 aliphatic heterocycles. The molecule has 0 bridgehead atoms. The Hall–Kier alpha value is -1.69. The zero-order chi connectivity index (χ0) is 13.1. The minimum absolute atomic E-state index is 0.0414. The summed E-state index contributed by atoms with van der Waals surface area (Å²) in [4.78, 5) is 13.0. The molecule has 0 aromatic carbocycles. The molecule has 0 radical (unpaired) electrons. The molecule has 0 aliphatic carbocycles. The van der Waals surface area contributed by atoms with Crippen LogP contribution in [0.15, 0.2) is 12.4 Å². The van der Waals surface area contributed by atoms with Crippen LogP contribution in [0.5, 0.6) is 0 Å². The van der Waals surface area contributed by atoms with Crippen LogP contribution in [0.2, 0.25) is 0 Å². The molecule has 18 heavy (non-hydrogen) atoms. The summed E-state index contributed by atoms with van der Waals surface area (Å²) in [5.74, 6) is 0.838. The van der Waals surface area contributed by atoms with Gasteiger partial charge in [0, 0.05) is 19.1 Å². The number of hydrogen-bond acceptors (Lipinski definition) is 5. The first-order chi connectivity index (χ1) is 8.58. The Labute approximate surface area is 107 Å². The fraction of sp³-hybridized carbons (Fsp3) is 0.583. The van der Waals surface area contributed by atoms with E-state index in [2.05, 4.69) is 33.9 Å². The van der Waals surface area contributed by atoms with Gasteiger partial charge in [-0.3, -0.25) is 5.41 Å². The largest absolute Gasteiger partial charge is 0.382 e. The number of hydrogen-bond donors (Lipinski definition) is 2. The van der Waals surface area contributed by atoms with Gasteiger partial charge in [-0.15, -0.1) is 0 Å². The third-order valence-electron chi connectivity index (χ3n) is 3.16. The number of nitrogens with one attached hydrogen (secondary N) is 1. The average molecular weight is 248 g/mol. The molecule has 1 atom stereocenters. The molecular weight excluding hydrogens is 228 g/mol. The van der Waals surface area contributed by atoms with E-state index in [4.69, 9.17) is 11.1 Å². The van der Waals surface area contributed by atoms with Crippen molar-refractivity contribution in [1.82, 2.24) is 14.9 Å². The maximum absolute atomic E-state index is 7.30. The Morgan fingerprint density at radius 1 is 1.50 bits per heavy atom. The fourth-order valence-corrected chi connectivity index (χ4v) is 2.36. The van der Waals surface area contributed by atoms with Crippen molar-refractivity contribution >= 4 is 11.7 Å². The second-order valence-electron chi connectivity index (χ2n) is 4.93. The number of likely N-dealkylation sites (N-methyl/N-ethyl adjacent to an activating group) is 1. The Kier molecular flexibility index (Phi) is 3.76. The standard InChI is InChI=1S/C12H20N6/c1-17(2)8-9-4-3-5-18(9)11-7-15-10(6-16-11)12(13)14/h6-7,9H,3-5,8H2,1-2H3,(H3,13,14). The van der Waals surface area contributed by atoms with E-state index in [9.17, 15) is 0 Å². The minimum atomic E-state index is -0.0414.